The Morgan fingerprint density at radius 3 is 2.21 bits per heavy atom. The van der Waals surface area contributed by atoms with Gasteiger partial charge in [-0.25, -0.2) is 12.7 Å². The summed E-state index contributed by atoms with van der Waals surface area (Å²) >= 11 is 5.10. The first-order valence-corrected chi connectivity index (χ1v) is 10.0. The Kier molecular flexibility index (Phi) is 7.27. The molecule has 0 spiro atoms. The van der Waals surface area contributed by atoms with Gasteiger partial charge in [0.25, 0.3) is 0 Å². The van der Waals surface area contributed by atoms with Crippen molar-refractivity contribution in [3.63, 3.8) is 0 Å². The molecule has 0 radical (unpaired) electrons. The first-order chi connectivity index (χ1) is 13.2. The molecule has 0 aromatic heterocycles. The van der Waals surface area contributed by atoms with Crippen LogP contribution in [-0.2, 0) is 14.8 Å². The molecule has 2 rings (SSSR count). The van der Waals surface area contributed by atoms with Crippen LogP contribution < -0.4 is 15.4 Å². The van der Waals surface area contributed by atoms with Gasteiger partial charge in [-0.1, -0.05) is 12.1 Å². The number of sulfonamides is 1. The molecular formula is C19H21N3O4S2. The average Bonchev–Trinajstić information content (AvgIpc) is 2.67. The summed E-state index contributed by atoms with van der Waals surface area (Å²) < 4.78 is 30.3. The molecule has 148 valence electrons. The molecule has 2 aromatic carbocycles. The third-order valence-corrected chi connectivity index (χ3v) is 5.70. The van der Waals surface area contributed by atoms with E-state index < -0.39 is 10.0 Å². The van der Waals surface area contributed by atoms with Crippen LogP contribution in [0.4, 0.5) is 5.69 Å². The molecule has 0 unspecified atom stereocenters. The Morgan fingerprint density at radius 1 is 1.07 bits per heavy atom. The van der Waals surface area contributed by atoms with E-state index in [0.29, 0.717) is 5.69 Å². The highest BCUT2D eigenvalue weighted by molar-refractivity contribution is 7.89. The summed E-state index contributed by atoms with van der Waals surface area (Å²) in [5, 5.41) is 5.47. The molecule has 0 saturated heterocycles. The number of rotatable bonds is 6. The van der Waals surface area contributed by atoms with Gasteiger partial charge >= 0.3 is 0 Å². The number of hydrogen-bond donors (Lipinski definition) is 2. The number of nitrogens with zero attached hydrogens (tertiary/aromatic N) is 1. The standard InChI is InChI=1S/C19H21N3O4S2/c1-22(2)28(24,25)17-11-7-15(8-12-17)20-19(27)21-18(23)13-6-14-4-9-16(26-3)10-5-14/h4-13H,1-3H3,(H2,20,21,23,27). The van der Waals surface area contributed by atoms with Gasteiger partial charge in [-0.3, -0.25) is 10.1 Å². The number of carbonyl (C=O) groups excluding carboxylic acids is 1. The molecule has 0 aliphatic carbocycles. The number of methoxy groups -OCH3 is 1. The van der Waals surface area contributed by atoms with Crippen molar-refractivity contribution in [3.8, 4) is 5.75 Å². The lowest BCUT2D eigenvalue weighted by atomic mass is 10.2. The van der Waals surface area contributed by atoms with Crippen LogP contribution in [0.1, 0.15) is 5.56 Å². The smallest absolute Gasteiger partial charge is 0.250 e. The highest BCUT2D eigenvalue weighted by Crippen LogP contribution is 2.16. The molecule has 28 heavy (non-hydrogen) atoms. The summed E-state index contributed by atoms with van der Waals surface area (Å²) in [6, 6.07) is 13.3. The predicted molar refractivity (Wildman–Crippen MR) is 114 cm³/mol. The lowest BCUT2D eigenvalue weighted by Gasteiger charge is -2.12. The Morgan fingerprint density at radius 2 is 1.68 bits per heavy atom. The summed E-state index contributed by atoms with van der Waals surface area (Å²) in [7, 11) is 1.02. The fourth-order valence-corrected chi connectivity index (χ4v) is 3.24. The topological polar surface area (TPSA) is 87.7 Å². The molecular weight excluding hydrogens is 398 g/mol. The number of carbonyl (C=O) groups is 1. The van der Waals surface area contributed by atoms with E-state index in [2.05, 4.69) is 10.6 Å². The fourth-order valence-electron chi connectivity index (χ4n) is 2.12. The SMILES string of the molecule is COc1ccc(C=CC(=O)NC(=S)Nc2ccc(S(=O)(=O)N(C)C)cc2)cc1. The minimum absolute atomic E-state index is 0.104. The van der Waals surface area contributed by atoms with Crippen LogP contribution >= 0.6 is 12.2 Å². The van der Waals surface area contributed by atoms with Gasteiger partial charge < -0.3 is 10.1 Å². The molecule has 0 saturated carbocycles. The van der Waals surface area contributed by atoms with Crippen molar-refractivity contribution in [1.82, 2.24) is 9.62 Å². The zero-order chi connectivity index (χ0) is 20.7. The molecule has 0 fully saturated rings. The number of anilines is 1. The Hall–Kier alpha value is -2.75. The van der Waals surface area contributed by atoms with Gasteiger partial charge in [-0.05, 0) is 60.3 Å². The second-order valence-corrected chi connectivity index (χ2v) is 8.42. The molecule has 1 amide bonds. The number of amides is 1. The van der Waals surface area contributed by atoms with E-state index >= 15 is 0 Å². The summed E-state index contributed by atoms with van der Waals surface area (Å²) in [6.45, 7) is 0. The van der Waals surface area contributed by atoms with Crippen LogP contribution in [0, 0.1) is 0 Å². The van der Waals surface area contributed by atoms with E-state index in [1.807, 2.05) is 12.1 Å². The molecule has 0 atom stereocenters. The van der Waals surface area contributed by atoms with Crippen LogP contribution in [0.25, 0.3) is 6.08 Å². The van der Waals surface area contributed by atoms with Crippen LogP contribution in [0.5, 0.6) is 5.75 Å². The lowest BCUT2D eigenvalue weighted by Crippen LogP contribution is -2.32. The van der Waals surface area contributed by atoms with Crippen molar-refractivity contribution < 1.29 is 17.9 Å². The van der Waals surface area contributed by atoms with Gasteiger partial charge in [0.05, 0.1) is 12.0 Å². The Balaban J connectivity index is 1.92. The molecule has 0 aliphatic rings. The van der Waals surface area contributed by atoms with E-state index in [1.165, 1.54) is 32.3 Å². The van der Waals surface area contributed by atoms with Crippen LogP contribution in [0.2, 0.25) is 0 Å². The number of ether oxygens (including phenoxy) is 1. The molecule has 7 nitrogen and oxygen atoms in total. The highest BCUT2D eigenvalue weighted by atomic mass is 32.2. The zero-order valence-electron chi connectivity index (χ0n) is 15.7. The van der Waals surface area contributed by atoms with Crippen molar-refractivity contribution in [2.75, 3.05) is 26.5 Å². The maximum atomic E-state index is 12.0. The second kappa shape index (κ2) is 9.45. The van der Waals surface area contributed by atoms with Crippen molar-refractivity contribution in [3.05, 3.63) is 60.2 Å². The first kappa shape index (κ1) is 21.5. The minimum atomic E-state index is -3.49. The Labute approximate surface area is 170 Å². The first-order valence-electron chi connectivity index (χ1n) is 8.19. The third-order valence-electron chi connectivity index (χ3n) is 3.67. The Bertz CT molecular complexity index is 967. The van der Waals surface area contributed by atoms with E-state index in [-0.39, 0.29) is 15.9 Å². The molecule has 0 bridgehead atoms. The van der Waals surface area contributed by atoms with E-state index in [4.69, 9.17) is 17.0 Å². The monoisotopic (exact) mass is 419 g/mol. The largest absolute Gasteiger partial charge is 0.497 e. The normalized spacial score (nSPS) is 11.4. The van der Waals surface area contributed by atoms with Gasteiger partial charge in [0.1, 0.15) is 5.75 Å². The van der Waals surface area contributed by atoms with Gasteiger partial charge in [-0.2, -0.15) is 0 Å². The maximum Gasteiger partial charge on any atom is 0.250 e. The van der Waals surface area contributed by atoms with Gasteiger partial charge in [-0.15, -0.1) is 0 Å². The van der Waals surface area contributed by atoms with Crippen LogP contribution in [-0.4, -0.2) is 44.9 Å². The number of thiocarbonyl (C=S) groups is 1. The number of benzene rings is 2. The average molecular weight is 420 g/mol. The van der Waals surface area contributed by atoms with Crippen molar-refractivity contribution in [2.24, 2.45) is 0 Å². The van der Waals surface area contributed by atoms with E-state index in [9.17, 15) is 13.2 Å². The summed E-state index contributed by atoms with van der Waals surface area (Å²) in [5.41, 5.74) is 1.40. The minimum Gasteiger partial charge on any atom is -0.497 e. The molecule has 2 aromatic rings. The molecule has 9 heteroatoms. The predicted octanol–water partition coefficient (Wildman–Crippen LogP) is 2.47. The third kappa shape index (κ3) is 5.88. The summed E-state index contributed by atoms with van der Waals surface area (Å²) in [6.07, 6.45) is 3.01. The molecule has 2 N–H and O–H groups in total. The summed E-state index contributed by atoms with van der Waals surface area (Å²) in [4.78, 5) is 12.1. The van der Waals surface area contributed by atoms with Crippen LogP contribution in [0.3, 0.4) is 0 Å². The summed E-state index contributed by atoms with van der Waals surface area (Å²) in [5.74, 6) is 0.344. The van der Waals surface area contributed by atoms with Crippen molar-refractivity contribution in [2.45, 2.75) is 4.90 Å². The van der Waals surface area contributed by atoms with E-state index in [0.717, 1.165) is 15.6 Å². The highest BCUT2D eigenvalue weighted by Gasteiger charge is 2.16. The van der Waals surface area contributed by atoms with Gasteiger partial charge in [0, 0.05) is 25.9 Å². The van der Waals surface area contributed by atoms with E-state index in [1.54, 1.807) is 37.5 Å². The van der Waals surface area contributed by atoms with Gasteiger partial charge in [0.15, 0.2) is 5.11 Å². The molecule has 0 aliphatic heterocycles. The zero-order valence-corrected chi connectivity index (χ0v) is 17.3. The fraction of sp³-hybridized carbons (Fsp3) is 0.158. The quantitative estimate of drug-likeness (QED) is 0.553. The number of nitrogens with one attached hydrogen (secondary N) is 2. The second-order valence-electron chi connectivity index (χ2n) is 5.86. The maximum absolute atomic E-state index is 12.0. The lowest BCUT2D eigenvalue weighted by molar-refractivity contribution is -0.115. The molecule has 0 heterocycles. The van der Waals surface area contributed by atoms with Crippen molar-refractivity contribution in [1.29, 1.82) is 0 Å². The van der Waals surface area contributed by atoms with Crippen LogP contribution in [0.15, 0.2) is 59.5 Å². The number of hydrogen-bond acceptors (Lipinski definition) is 5. The van der Waals surface area contributed by atoms with Crippen molar-refractivity contribution >= 4 is 45.0 Å². The van der Waals surface area contributed by atoms with Gasteiger partial charge in [0.2, 0.25) is 15.9 Å².